The van der Waals surface area contributed by atoms with Crippen molar-refractivity contribution in [3.05, 3.63) is 70.7 Å². The van der Waals surface area contributed by atoms with E-state index in [-0.39, 0.29) is 27.8 Å². The molecule has 0 saturated carbocycles. The van der Waals surface area contributed by atoms with E-state index in [4.69, 9.17) is 26.9 Å². The minimum absolute atomic E-state index is 0.0586. The maximum absolute atomic E-state index is 13.1. The van der Waals surface area contributed by atoms with Gasteiger partial charge in [0.2, 0.25) is 0 Å². The highest BCUT2D eigenvalue weighted by molar-refractivity contribution is 6.33. The van der Waals surface area contributed by atoms with E-state index in [9.17, 15) is 31.1 Å². The smallest absolute Gasteiger partial charge is 0.433 e. The van der Waals surface area contributed by atoms with Gasteiger partial charge in [-0.1, -0.05) is 11.6 Å². The lowest BCUT2D eigenvalue weighted by atomic mass is 10.2. The van der Waals surface area contributed by atoms with Crippen LogP contribution >= 0.6 is 11.6 Å². The molecule has 0 radical (unpaired) electrons. The molecule has 3 heterocycles. The van der Waals surface area contributed by atoms with Crippen LogP contribution in [0.5, 0.6) is 0 Å². The Balaban J connectivity index is 0.000000218. The molecule has 0 fully saturated rings. The van der Waals surface area contributed by atoms with Crippen molar-refractivity contribution in [3.63, 3.8) is 0 Å². The van der Waals surface area contributed by atoms with E-state index in [1.54, 1.807) is 0 Å². The number of nitrogens with zero attached hydrogens (tertiary/aromatic N) is 3. The van der Waals surface area contributed by atoms with E-state index in [0.717, 1.165) is 30.3 Å². The van der Waals surface area contributed by atoms with Gasteiger partial charge < -0.3 is 15.3 Å². The number of furan rings is 1. The van der Waals surface area contributed by atoms with Gasteiger partial charge in [-0.2, -0.15) is 31.4 Å². The molecule has 33 heavy (non-hydrogen) atoms. The highest BCUT2D eigenvalue weighted by Gasteiger charge is 2.36. The van der Waals surface area contributed by atoms with Crippen LogP contribution in [0.4, 0.5) is 32.0 Å². The third-order valence-electron chi connectivity index (χ3n) is 4.03. The Morgan fingerprint density at radius 1 is 1.06 bits per heavy atom. The largest absolute Gasteiger partial charge is 0.476 e. The van der Waals surface area contributed by atoms with Gasteiger partial charge in [0.25, 0.3) is 0 Å². The van der Waals surface area contributed by atoms with E-state index in [0.29, 0.717) is 4.52 Å². The second kappa shape index (κ2) is 8.65. The lowest BCUT2D eigenvalue weighted by molar-refractivity contribution is -0.142. The number of carbonyl (C=O) groups is 1. The number of hydrogen-bond donors (Lipinski definition) is 2. The quantitative estimate of drug-likeness (QED) is 0.277. The molecular weight excluding hydrogens is 482 g/mol. The first kappa shape index (κ1) is 23.9. The van der Waals surface area contributed by atoms with Crippen molar-refractivity contribution in [3.8, 4) is 11.5 Å². The monoisotopic (exact) mass is 492 g/mol. The molecule has 0 amide bonds. The summed E-state index contributed by atoms with van der Waals surface area (Å²) in [5.41, 5.74) is 2.39. The van der Waals surface area contributed by atoms with E-state index < -0.39 is 35.3 Å². The average molecular weight is 493 g/mol. The standard InChI is InChI=1S/C12H6F3N3O3.C7H5ClF3N/c13-12(14,15)9-4-6(8-2-1-3-21-8)16-10-5-7(11(19)20)17-18(9)10;8-5-2-1-4(3-6(5)12)7(9,10)11/h1-5H,(H,19,20);1-3H,12H2. The second-order valence-electron chi connectivity index (χ2n) is 6.34. The van der Waals surface area contributed by atoms with Crippen LogP contribution in [0.25, 0.3) is 17.1 Å². The molecule has 0 bridgehead atoms. The van der Waals surface area contributed by atoms with E-state index in [1.807, 2.05) is 0 Å². The second-order valence-corrected chi connectivity index (χ2v) is 6.75. The number of carboxylic acids is 1. The molecule has 0 aliphatic rings. The normalized spacial score (nSPS) is 11.8. The van der Waals surface area contributed by atoms with Gasteiger partial charge in [0.1, 0.15) is 5.69 Å². The van der Waals surface area contributed by atoms with Crippen molar-refractivity contribution >= 4 is 28.9 Å². The van der Waals surface area contributed by atoms with E-state index in [2.05, 4.69) is 10.1 Å². The van der Waals surface area contributed by atoms with Crippen molar-refractivity contribution in [2.75, 3.05) is 5.73 Å². The fourth-order valence-corrected chi connectivity index (χ4v) is 2.67. The van der Waals surface area contributed by atoms with Crippen LogP contribution in [-0.4, -0.2) is 25.7 Å². The third kappa shape index (κ3) is 5.37. The summed E-state index contributed by atoms with van der Waals surface area (Å²) in [4.78, 5) is 14.8. The third-order valence-corrected chi connectivity index (χ3v) is 4.38. The number of nitrogens with two attached hydrogens (primary N) is 1. The topological polar surface area (TPSA) is 107 Å². The van der Waals surface area contributed by atoms with Crippen molar-refractivity contribution in [2.24, 2.45) is 0 Å². The fourth-order valence-electron chi connectivity index (χ4n) is 2.55. The van der Waals surface area contributed by atoms with Gasteiger partial charge in [0.05, 0.1) is 22.5 Å². The van der Waals surface area contributed by atoms with E-state index in [1.165, 1.54) is 18.4 Å². The first-order valence-electron chi connectivity index (χ1n) is 8.65. The molecule has 0 aliphatic carbocycles. The molecule has 1 aromatic carbocycles. The SMILES string of the molecule is Nc1cc(C(F)(F)F)ccc1Cl.O=C(O)c1cc2nc(-c3ccco3)cc(C(F)(F)F)n2n1. The Kier molecular flexibility index (Phi) is 6.27. The zero-order valence-electron chi connectivity index (χ0n) is 15.9. The Morgan fingerprint density at radius 3 is 2.27 bits per heavy atom. The number of nitrogen functional groups attached to an aromatic ring is 1. The van der Waals surface area contributed by atoms with Crippen LogP contribution < -0.4 is 5.73 Å². The highest BCUT2D eigenvalue weighted by Crippen LogP contribution is 2.33. The number of benzene rings is 1. The summed E-state index contributed by atoms with van der Waals surface area (Å²) in [6.07, 6.45) is -7.78. The van der Waals surface area contributed by atoms with Crippen molar-refractivity contribution in [1.29, 1.82) is 0 Å². The lowest BCUT2D eigenvalue weighted by Gasteiger charge is -2.09. The summed E-state index contributed by atoms with van der Waals surface area (Å²) in [5, 5.41) is 12.4. The maximum atomic E-state index is 13.1. The average Bonchev–Trinajstić information content (AvgIpc) is 3.37. The molecule has 0 aliphatic heterocycles. The minimum Gasteiger partial charge on any atom is -0.476 e. The molecule has 0 atom stereocenters. The van der Waals surface area contributed by atoms with Crippen LogP contribution in [0.2, 0.25) is 5.02 Å². The van der Waals surface area contributed by atoms with Gasteiger partial charge in [0.15, 0.2) is 22.8 Å². The summed E-state index contributed by atoms with van der Waals surface area (Å²) in [7, 11) is 0. The van der Waals surface area contributed by atoms with E-state index >= 15 is 0 Å². The summed E-state index contributed by atoms with van der Waals surface area (Å²) in [5.74, 6) is -1.30. The first-order chi connectivity index (χ1) is 15.3. The molecule has 3 aromatic heterocycles. The van der Waals surface area contributed by atoms with Crippen molar-refractivity contribution < 1.29 is 40.7 Å². The lowest BCUT2D eigenvalue weighted by Crippen LogP contribution is -2.14. The predicted molar refractivity (Wildman–Crippen MR) is 104 cm³/mol. The maximum Gasteiger partial charge on any atom is 0.433 e. The van der Waals surface area contributed by atoms with Gasteiger partial charge >= 0.3 is 18.3 Å². The number of alkyl halides is 6. The molecule has 14 heteroatoms. The van der Waals surface area contributed by atoms with Gasteiger partial charge in [0, 0.05) is 6.07 Å². The molecule has 7 nitrogen and oxygen atoms in total. The van der Waals surface area contributed by atoms with Gasteiger partial charge in [-0.3, -0.25) is 0 Å². The number of halogens is 7. The molecule has 3 N–H and O–H groups in total. The molecule has 4 rings (SSSR count). The Labute approximate surface area is 185 Å². The zero-order valence-corrected chi connectivity index (χ0v) is 16.7. The number of aromatic carboxylic acids is 1. The Morgan fingerprint density at radius 2 is 1.76 bits per heavy atom. The van der Waals surface area contributed by atoms with Crippen molar-refractivity contribution in [2.45, 2.75) is 12.4 Å². The minimum atomic E-state index is -4.72. The van der Waals surface area contributed by atoms with Gasteiger partial charge in [-0.25, -0.2) is 14.3 Å². The van der Waals surface area contributed by atoms with Crippen molar-refractivity contribution in [1.82, 2.24) is 14.6 Å². The van der Waals surface area contributed by atoms with Crippen LogP contribution in [0.1, 0.15) is 21.7 Å². The first-order valence-corrected chi connectivity index (χ1v) is 9.02. The number of anilines is 1. The number of aromatic nitrogens is 3. The summed E-state index contributed by atoms with van der Waals surface area (Å²) < 4.78 is 80.7. The molecule has 0 spiro atoms. The van der Waals surface area contributed by atoms with Crippen LogP contribution in [0, 0.1) is 0 Å². The van der Waals surface area contributed by atoms with Crippen LogP contribution in [-0.2, 0) is 12.4 Å². The fraction of sp³-hybridized carbons (Fsp3) is 0.105. The highest BCUT2D eigenvalue weighted by atomic mass is 35.5. The number of fused-ring (bicyclic) bond motifs is 1. The summed E-state index contributed by atoms with van der Waals surface area (Å²) in [6.45, 7) is 0. The number of carboxylic acid groups (broad SMARTS) is 1. The summed E-state index contributed by atoms with van der Waals surface area (Å²) in [6, 6.07) is 7.50. The molecular formula is C19H11ClF6N4O3. The zero-order chi connectivity index (χ0) is 24.6. The number of hydrogen-bond acceptors (Lipinski definition) is 5. The predicted octanol–water partition coefficient (Wildman–Crippen LogP) is 5.65. The molecule has 0 unspecified atom stereocenters. The van der Waals surface area contributed by atoms with Crippen LogP contribution in [0.3, 0.4) is 0 Å². The molecule has 0 saturated heterocycles. The molecule has 174 valence electrons. The molecule has 4 aromatic rings. The Hall–Kier alpha value is -3.74. The van der Waals surface area contributed by atoms with Crippen LogP contribution in [0.15, 0.2) is 53.1 Å². The Bertz CT molecular complexity index is 1300. The van der Waals surface area contributed by atoms with Gasteiger partial charge in [-0.15, -0.1) is 0 Å². The summed E-state index contributed by atoms with van der Waals surface area (Å²) >= 11 is 5.44. The number of rotatable bonds is 2. The van der Waals surface area contributed by atoms with Gasteiger partial charge in [-0.05, 0) is 36.4 Å².